The first-order chi connectivity index (χ1) is 7.18. The molecule has 0 radical (unpaired) electrons. The molecule has 0 aromatic carbocycles. The number of hydrogen-bond donors (Lipinski definition) is 0. The van der Waals surface area contributed by atoms with E-state index in [-0.39, 0.29) is 0 Å². The van der Waals surface area contributed by atoms with Crippen molar-refractivity contribution >= 4 is 5.78 Å². The van der Waals surface area contributed by atoms with Crippen LogP contribution in [0.15, 0.2) is 11.6 Å². The van der Waals surface area contributed by atoms with E-state index in [4.69, 9.17) is 0 Å². The van der Waals surface area contributed by atoms with Gasteiger partial charge in [0.1, 0.15) is 5.78 Å². The second kappa shape index (κ2) is 6.81. The van der Waals surface area contributed by atoms with E-state index in [0.717, 1.165) is 18.8 Å². The van der Waals surface area contributed by atoms with E-state index >= 15 is 0 Å². The molecule has 0 spiro atoms. The number of carbonyl (C=O) groups is 1. The summed E-state index contributed by atoms with van der Waals surface area (Å²) in [5.41, 5.74) is 1.66. The molecule has 1 nitrogen and oxygen atoms in total. The molecule has 1 heteroatoms. The number of carbonyl (C=O) groups excluding carboxylic acids is 1. The van der Waals surface area contributed by atoms with Crippen molar-refractivity contribution in [3.05, 3.63) is 11.6 Å². The van der Waals surface area contributed by atoms with Gasteiger partial charge in [0.2, 0.25) is 0 Å². The van der Waals surface area contributed by atoms with Crippen LogP contribution in [0.2, 0.25) is 0 Å². The summed E-state index contributed by atoms with van der Waals surface area (Å²) in [6, 6.07) is 0. The third kappa shape index (κ3) is 5.76. The van der Waals surface area contributed by atoms with E-state index in [9.17, 15) is 4.79 Å². The molecular formula is C14H24O. The van der Waals surface area contributed by atoms with Crippen molar-refractivity contribution in [2.24, 2.45) is 5.92 Å². The average molecular weight is 208 g/mol. The van der Waals surface area contributed by atoms with Crippen molar-refractivity contribution in [1.82, 2.24) is 0 Å². The lowest BCUT2D eigenvalue weighted by Crippen LogP contribution is -2.01. The largest absolute Gasteiger partial charge is 0.300 e. The summed E-state index contributed by atoms with van der Waals surface area (Å²) in [6.45, 7) is 4.00. The SMILES string of the molecule is CC(=O)CCCC(C)CC1=CCCCC1. The number of allylic oxidation sites excluding steroid dienone is 2. The van der Waals surface area contributed by atoms with Crippen molar-refractivity contribution in [1.29, 1.82) is 0 Å². The van der Waals surface area contributed by atoms with E-state index in [1.807, 2.05) is 0 Å². The third-order valence-corrected chi connectivity index (χ3v) is 3.22. The van der Waals surface area contributed by atoms with Gasteiger partial charge in [-0.3, -0.25) is 0 Å². The van der Waals surface area contributed by atoms with Crippen LogP contribution in [-0.2, 0) is 4.79 Å². The molecule has 1 aliphatic carbocycles. The summed E-state index contributed by atoms with van der Waals surface area (Å²) in [4.78, 5) is 10.8. The van der Waals surface area contributed by atoms with Gasteiger partial charge < -0.3 is 4.79 Å². The first-order valence-electron chi connectivity index (χ1n) is 6.36. The molecule has 0 saturated carbocycles. The predicted molar refractivity (Wildman–Crippen MR) is 64.9 cm³/mol. The maximum absolute atomic E-state index is 10.8. The molecule has 0 fully saturated rings. The summed E-state index contributed by atoms with van der Waals surface area (Å²) in [7, 11) is 0. The predicted octanol–water partition coefficient (Wildman–Crippen LogP) is 4.27. The van der Waals surface area contributed by atoms with Crippen LogP contribution in [0.25, 0.3) is 0 Å². The third-order valence-electron chi connectivity index (χ3n) is 3.22. The number of rotatable bonds is 6. The van der Waals surface area contributed by atoms with Crippen LogP contribution in [0.1, 0.15) is 65.2 Å². The van der Waals surface area contributed by atoms with Gasteiger partial charge in [0.05, 0.1) is 0 Å². The Labute approximate surface area is 93.9 Å². The molecule has 0 saturated heterocycles. The Balaban J connectivity index is 2.14. The Bertz CT molecular complexity index is 227. The van der Waals surface area contributed by atoms with Crippen LogP contribution in [0, 0.1) is 5.92 Å². The summed E-state index contributed by atoms with van der Waals surface area (Å²) in [5.74, 6) is 1.09. The molecule has 0 bridgehead atoms. The van der Waals surface area contributed by atoms with Gasteiger partial charge in [0.15, 0.2) is 0 Å². The first kappa shape index (κ1) is 12.5. The first-order valence-corrected chi connectivity index (χ1v) is 6.36. The quantitative estimate of drug-likeness (QED) is 0.596. The van der Waals surface area contributed by atoms with Gasteiger partial charge in [-0.05, 0) is 57.8 Å². The smallest absolute Gasteiger partial charge is 0.129 e. The zero-order valence-corrected chi connectivity index (χ0v) is 10.2. The lowest BCUT2D eigenvalue weighted by atomic mass is 9.89. The molecule has 86 valence electrons. The van der Waals surface area contributed by atoms with Crippen LogP contribution in [-0.4, -0.2) is 5.78 Å². The van der Waals surface area contributed by atoms with Crippen LogP contribution in [0.5, 0.6) is 0 Å². The molecule has 0 aromatic rings. The van der Waals surface area contributed by atoms with E-state index in [0.29, 0.717) is 5.78 Å². The second-order valence-electron chi connectivity index (χ2n) is 5.01. The van der Waals surface area contributed by atoms with Crippen molar-refractivity contribution in [3.63, 3.8) is 0 Å². The summed E-state index contributed by atoms with van der Waals surface area (Å²) >= 11 is 0. The molecular weight excluding hydrogens is 184 g/mol. The fourth-order valence-electron chi connectivity index (χ4n) is 2.34. The lowest BCUT2D eigenvalue weighted by molar-refractivity contribution is -0.117. The lowest BCUT2D eigenvalue weighted by Gasteiger charge is -2.17. The maximum atomic E-state index is 10.8. The minimum Gasteiger partial charge on any atom is -0.300 e. The summed E-state index contributed by atoms with van der Waals surface area (Å²) < 4.78 is 0. The molecule has 1 rings (SSSR count). The Morgan fingerprint density at radius 1 is 1.47 bits per heavy atom. The maximum Gasteiger partial charge on any atom is 0.129 e. The molecule has 0 heterocycles. The van der Waals surface area contributed by atoms with E-state index < -0.39 is 0 Å². The molecule has 0 aromatic heterocycles. The Kier molecular flexibility index (Phi) is 5.67. The zero-order chi connectivity index (χ0) is 11.1. The number of Topliss-reactive ketones (excluding diaryl/α,β-unsaturated/α-hetero) is 1. The van der Waals surface area contributed by atoms with Gasteiger partial charge in [0, 0.05) is 6.42 Å². The molecule has 0 aliphatic heterocycles. The van der Waals surface area contributed by atoms with Crippen LogP contribution in [0.3, 0.4) is 0 Å². The Hall–Kier alpha value is -0.590. The molecule has 1 atom stereocenters. The minimum atomic E-state index is 0.332. The van der Waals surface area contributed by atoms with Crippen LogP contribution >= 0.6 is 0 Å². The number of ketones is 1. The van der Waals surface area contributed by atoms with Gasteiger partial charge in [-0.15, -0.1) is 0 Å². The van der Waals surface area contributed by atoms with Gasteiger partial charge in [0.25, 0.3) is 0 Å². The summed E-state index contributed by atoms with van der Waals surface area (Å²) in [6.07, 6.45) is 12.1. The Morgan fingerprint density at radius 2 is 2.27 bits per heavy atom. The average Bonchev–Trinajstić information content (AvgIpc) is 2.18. The molecule has 0 amide bonds. The van der Waals surface area contributed by atoms with E-state index in [1.54, 1.807) is 12.5 Å². The molecule has 0 N–H and O–H groups in total. The van der Waals surface area contributed by atoms with Gasteiger partial charge in [-0.25, -0.2) is 0 Å². The molecule has 1 unspecified atom stereocenters. The van der Waals surface area contributed by atoms with Crippen molar-refractivity contribution in [3.8, 4) is 0 Å². The monoisotopic (exact) mass is 208 g/mol. The van der Waals surface area contributed by atoms with Crippen molar-refractivity contribution in [2.45, 2.75) is 65.2 Å². The normalized spacial score (nSPS) is 18.4. The second-order valence-corrected chi connectivity index (χ2v) is 5.01. The van der Waals surface area contributed by atoms with Crippen LogP contribution in [0.4, 0.5) is 0 Å². The standard InChI is InChI=1S/C14H24O/c1-12(7-6-8-13(2)15)11-14-9-4-3-5-10-14/h9,12H,3-8,10-11H2,1-2H3. The molecule has 15 heavy (non-hydrogen) atoms. The highest BCUT2D eigenvalue weighted by Gasteiger charge is 2.08. The highest BCUT2D eigenvalue weighted by Crippen LogP contribution is 2.25. The highest BCUT2D eigenvalue weighted by atomic mass is 16.1. The summed E-state index contributed by atoms with van der Waals surface area (Å²) in [5, 5.41) is 0. The van der Waals surface area contributed by atoms with Crippen molar-refractivity contribution in [2.75, 3.05) is 0 Å². The van der Waals surface area contributed by atoms with Gasteiger partial charge in [-0.2, -0.15) is 0 Å². The van der Waals surface area contributed by atoms with Gasteiger partial charge >= 0.3 is 0 Å². The fourth-order valence-corrected chi connectivity index (χ4v) is 2.34. The Morgan fingerprint density at radius 3 is 2.87 bits per heavy atom. The molecule has 1 aliphatic rings. The van der Waals surface area contributed by atoms with Gasteiger partial charge in [-0.1, -0.05) is 18.6 Å². The van der Waals surface area contributed by atoms with Crippen LogP contribution < -0.4 is 0 Å². The minimum absolute atomic E-state index is 0.332. The van der Waals surface area contributed by atoms with E-state index in [1.165, 1.54) is 38.5 Å². The number of hydrogen-bond acceptors (Lipinski definition) is 1. The van der Waals surface area contributed by atoms with E-state index in [2.05, 4.69) is 13.0 Å². The fraction of sp³-hybridized carbons (Fsp3) is 0.786. The highest BCUT2D eigenvalue weighted by molar-refractivity contribution is 5.75. The van der Waals surface area contributed by atoms with Crippen molar-refractivity contribution < 1.29 is 4.79 Å². The zero-order valence-electron chi connectivity index (χ0n) is 10.2. The topological polar surface area (TPSA) is 17.1 Å².